The maximum Gasteiger partial charge on any atom is 0.224 e. The zero-order valence-electron chi connectivity index (χ0n) is 15.0. The number of ether oxygens (including phenoxy) is 1. The molecule has 26 heavy (non-hydrogen) atoms. The van der Waals surface area contributed by atoms with E-state index in [0.717, 1.165) is 37.5 Å². The lowest BCUT2D eigenvalue weighted by atomic mass is 10.1. The van der Waals surface area contributed by atoms with E-state index in [2.05, 4.69) is 57.0 Å². The van der Waals surface area contributed by atoms with Crippen LogP contribution >= 0.6 is 0 Å². The maximum atomic E-state index is 5.26. The summed E-state index contributed by atoms with van der Waals surface area (Å²) in [6, 6.07) is 20.4. The van der Waals surface area contributed by atoms with Crippen LogP contribution in [0.1, 0.15) is 11.1 Å². The standard InChI is InChI=1S/C21H24N4O/c1-26-19-9-5-8-18(16-19)11-13-22-20-12-15-24-21(25-20)23-14-10-17-6-3-2-4-7-17/h2-9,12,15-16H,10-11,13-14H2,1H3,(H2,22,23,24,25). The van der Waals surface area contributed by atoms with Crippen LogP contribution < -0.4 is 15.4 Å². The van der Waals surface area contributed by atoms with Crippen LogP contribution in [0.15, 0.2) is 66.9 Å². The molecule has 0 radical (unpaired) electrons. The molecule has 5 heteroatoms. The summed E-state index contributed by atoms with van der Waals surface area (Å²) in [5.41, 5.74) is 2.53. The van der Waals surface area contributed by atoms with Gasteiger partial charge in [-0.05, 0) is 42.2 Å². The minimum absolute atomic E-state index is 0.646. The highest BCUT2D eigenvalue weighted by Crippen LogP contribution is 2.13. The molecular weight excluding hydrogens is 324 g/mol. The second-order valence-corrected chi connectivity index (χ2v) is 5.96. The molecule has 0 saturated carbocycles. The zero-order chi connectivity index (χ0) is 18.0. The summed E-state index contributed by atoms with van der Waals surface area (Å²) in [6.07, 6.45) is 3.61. The Morgan fingerprint density at radius 1 is 0.846 bits per heavy atom. The molecule has 2 N–H and O–H groups in total. The molecule has 3 aromatic rings. The van der Waals surface area contributed by atoms with Crippen molar-refractivity contribution >= 4 is 11.8 Å². The minimum atomic E-state index is 0.646. The smallest absolute Gasteiger partial charge is 0.224 e. The number of rotatable bonds is 9. The Morgan fingerprint density at radius 2 is 1.62 bits per heavy atom. The van der Waals surface area contributed by atoms with Crippen molar-refractivity contribution in [2.45, 2.75) is 12.8 Å². The Balaban J connectivity index is 1.46. The molecule has 0 aliphatic carbocycles. The highest BCUT2D eigenvalue weighted by Gasteiger charge is 2.00. The number of benzene rings is 2. The normalized spacial score (nSPS) is 10.3. The SMILES string of the molecule is COc1cccc(CCNc2ccnc(NCCc3ccccc3)n2)c1. The molecule has 2 aromatic carbocycles. The maximum absolute atomic E-state index is 5.26. The number of methoxy groups -OCH3 is 1. The summed E-state index contributed by atoms with van der Waals surface area (Å²) >= 11 is 0. The summed E-state index contributed by atoms with van der Waals surface area (Å²) in [4.78, 5) is 8.79. The fourth-order valence-electron chi connectivity index (χ4n) is 2.67. The third-order valence-corrected chi connectivity index (χ3v) is 4.05. The summed E-state index contributed by atoms with van der Waals surface area (Å²) < 4.78 is 5.26. The van der Waals surface area contributed by atoms with Crippen molar-refractivity contribution in [3.63, 3.8) is 0 Å². The van der Waals surface area contributed by atoms with E-state index < -0.39 is 0 Å². The van der Waals surface area contributed by atoms with Gasteiger partial charge in [0.15, 0.2) is 0 Å². The van der Waals surface area contributed by atoms with Crippen LogP contribution in [0, 0.1) is 0 Å². The first kappa shape index (κ1) is 17.7. The Kier molecular flexibility index (Phi) is 6.42. The van der Waals surface area contributed by atoms with E-state index in [1.165, 1.54) is 11.1 Å². The first-order valence-corrected chi connectivity index (χ1v) is 8.81. The fourth-order valence-corrected chi connectivity index (χ4v) is 2.67. The molecular formula is C21H24N4O. The second-order valence-electron chi connectivity index (χ2n) is 5.96. The molecule has 0 amide bonds. The predicted molar refractivity (Wildman–Crippen MR) is 106 cm³/mol. The Labute approximate surface area is 154 Å². The molecule has 0 bridgehead atoms. The van der Waals surface area contributed by atoms with Crippen LogP contribution in [0.4, 0.5) is 11.8 Å². The molecule has 3 rings (SSSR count). The molecule has 134 valence electrons. The predicted octanol–water partition coefficient (Wildman–Crippen LogP) is 3.79. The summed E-state index contributed by atoms with van der Waals surface area (Å²) in [5.74, 6) is 2.35. The van der Waals surface area contributed by atoms with Gasteiger partial charge in [0.1, 0.15) is 11.6 Å². The number of hydrogen-bond acceptors (Lipinski definition) is 5. The topological polar surface area (TPSA) is 59.1 Å². The number of aromatic nitrogens is 2. The molecule has 0 fully saturated rings. The highest BCUT2D eigenvalue weighted by molar-refractivity contribution is 5.40. The molecule has 0 saturated heterocycles. The van der Waals surface area contributed by atoms with Gasteiger partial charge < -0.3 is 15.4 Å². The van der Waals surface area contributed by atoms with E-state index in [9.17, 15) is 0 Å². The van der Waals surface area contributed by atoms with Gasteiger partial charge in [-0.1, -0.05) is 42.5 Å². The number of nitrogens with one attached hydrogen (secondary N) is 2. The molecule has 0 atom stereocenters. The van der Waals surface area contributed by atoms with E-state index in [1.807, 2.05) is 24.3 Å². The fraction of sp³-hybridized carbons (Fsp3) is 0.238. The Hall–Kier alpha value is -3.08. The number of hydrogen-bond donors (Lipinski definition) is 2. The van der Waals surface area contributed by atoms with Crippen molar-refractivity contribution in [3.05, 3.63) is 78.0 Å². The zero-order valence-corrected chi connectivity index (χ0v) is 15.0. The van der Waals surface area contributed by atoms with E-state index in [0.29, 0.717) is 5.95 Å². The Morgan fingerprint density at radius 3 is 2.46 bits per heavy atom. The third kappa shape index (κ3) is 5.48. The summed E-state index contributed by atoms with van der Waals surface area (Å²) in [7, 11) is 1.69. The average Bonchev–Trinajstić information content (AvgIpc) is 2.69. The van der Waals surface area contributed by atoms with E-state index >= 15 is 0 Å². The van der Waals surface area contributed by atoms with E-state index in [-0.39, 0.29) is 0 Å². The van der Waals surface area contributed by atoms with Crippen LogP contribution in [0.2, 0.25) is 0 Å². The van der Waals surface area contributed by atoms with Crippen LogP contribution in [-0.4, -0.2) is 30.2 Å². The molecule has 0 aliphatic heterocycles. The van der Waals surface area contributed by atoms with Gasteiger partial charge in [-0.3, -0.25) is 0 Å². The van der Waals surface area contributed by atoms with E-state index in [1.54, 1.807) is 13.3 Å². The molecule has 1 heterocycles. The minimum Gasteiger partial charge on any atom is -0.497 e. The molecule has 5 nitrogen and oxygen atoms in total. The van der Waals surface area contributed by atoms with Crippen LogP contribution in [0.5, 0.6) is 5.75 Å². The van der Waals surface area contributed by atoms with Crippen molar-refractivity contribution in [2.75, 3.05) is 30.8 Å². The number of nitrogens with zero attached hydrogens (tertiary/aromatic N) is 2. The van der Waals surface area contributed by atoms with Crippen molar-refractivity contribution in [1.29, 1.82) is 0 Å². The van der Waals surface area contributed by atoms with E-state index in [4.69, 9.17) is 4.74 Å². The van der Waals surface area contributed by atoms with Crippen LogP contribution in [0.3, 0.4) is 0 Å². The Bertz CT molecular complexity index is 808. The van der Waals surface area contributed by atoms with Gasteiger partial charge in [-0.15, -0.1) is 0 Å². The monoisotopic (exact) mass is 348 g/mol. The van der Waals surface area contributed by atoms with Gasteiger partial charge in [-0.25, -0.2) is 4.98 Å². The van der Waals surface area contributed by atoms with Gasteiger partial charge in [0.2, 0.25) is 5.95 Å². The van der Waals surface area contributed by atoms with Gasteiger partial charge in [-0.2, -0.15) is 4.98 Å². The summed E-state index contributed by atoms with van der Waals surface area (Å²) in [5, 5.41) is 6.63. The first-order valence-electron chi connectivity index (χ1n) is 8.81. The van der Waals surface area contributed by atoms with Gasteiger partial charge in [0.05, 0.1) is 7.11 Å². The molecule has 0 aliphatic rings. The molecule has 0 unspecified atom stereocenters. The van der Waals surface area contributed by atoms with Crippen molar-refractivity contribution < 1.29 is 4.74 Å². The molecule has 0 spiro atoms. The van der Waals surface area contributed by atoms with Gasteiger partial charge in [0, 0.05) is 19.3 Å². The molecule has 1 aromatic heterocycles. The highest BCUT2D eigenvalue weighted by atomic mass is 16.5. The third-order valence-electron chi connectivity index (χ3n) is 4.05. The van der Waals surface area contributed by atoms with Crippen molar-refractivity contribution in [1.82, 2.24) is 9.97 Å². The van der Waals surface area contributed by atoms with Gasteiger partial charge >= 0.3 is 0 Å². The summed E-state index contributed by atoms with van der Waals surface area (Å²) in [6.45, 7) is 1.60. The van der Waals surface area contributed by atoms with Crippen molar-refractivity contribution in [2.24, 2.45) is 0 Å². The quantitative estimate of drug-likeness (QED) is 0.616. The van der Waals surface area contributed by atoms with Crippen LogP contribution in [0.25, 0.3) is 0 Å². The van der Waals surface area contributed by atoms with Gasteiger partial charge in [0.25, 0.3) is 0 Å². The average molecular weight is 348 g/mol. The lowest BCUT2D eigenvalue weighted by Gasteiger charge is -2.09. The van der Waals surface area contributed by atoms with Crippen molar-refractivity contribution in [3.8, 4) is 5.75 Å². The number of anilines is 2. The lowest BCUT2D eigenvalue weighted by Crippen LogP contribution is -2.11. The van der Waals surface area contributed by atoms with Crippen LogP contribution in [-0.2, 0) is 12.8 Å². The first-order chi connectivity index (χ1) is 12.8. The lowest BCUT2D eigenvalue weighted by molar-refractivity contribution is 0.414. The second kappa shape index (κ2) is 9.42. The largest absolute Gasteiger partial charge is 0.497 e.